The van der Waals surface area contributed by atoms with Crippen LogP contribution in [0.1, 0.15) is 24.8 Å². The number of carbonyl (C=O) groups is 3. The fourth-order valence-corrected chi connectivity index (χ4v) is 4.58. The van der Waals surface area contributed by atoms with Gasteiger partial charge in [0.15, 0.2) is 0 Å². The normalized spacial score (nSPS) is 14.0. The van der Waals surface area contributed by atoms with E-state index in [2.05, 4.69) is 10.2 Å². The lowest BCUT2D eigenvalue weighted by Gasteiger charge is -2.31. The Morgan fingerprint density at radius 2 is 1.61 bits per heavy atom. The van der Waals surface area contributed by atoms with E-state index in [-0.39, 0.29) is 18.4 Å². The van der Waals surface area contributed by atoms with Crippen molar-refractivity contribution in [3.05, 3.63) is 84.4 Å². The number of rotatable bonds is 9. The number of para-hydroxylation sites is 1. The summed E-state index contributed by atoms with van der Waals surface area (Å²) in [6, 6.07) is 24.5. The van der Waals surface area contributed by atoms with Gasteiger partial charge in [-0.05, 0) is 42.2 Å². The lowest BCUT2D eigenvalue weighted by Crippen LogP contribution is -2.40. The van der Waals surface area contributed by atoms with E-state index in [9.17, 15) is 14.4 Å². The van der Waals surface area contributed by atoms with Crippen LogP contribution in [0.5, 0.6) is 0 Å². The Morgan fingerprint density at radius 3 is 2.29 bits per heavy atom. The van der Waals surface area contributed by atoms with Crippen molar-refractivity contribution in [2.75, 3.05) is 36.9 Å². The number of aliphatic carboxylic acids is 1. The Hall–Kier alpha value is -4.17. The van der Waals surface area contributed by atoms with Gasteiger partial charge in [-0.1, -0.05) is 60.7 Å². The van der Waals surface area contributed by atoms with E-state index in [1.54, 1.807) is 36.2 Å². The van der Waals surface area contributed by atoms with Gasteiger partial charge in [0.2, 0.25) is 5.91 Å². The van der Waals surface area contributed by atoms with E-state index >= 15 is 0 Å². The Kier molecular flexibility index (Phi) is 9.11. The number of carboxylic acid groups (broad SMARTS) is 1. The number of piperidine rings is 1. The molecule has 1 heterocycles. The van der Waals surface area contributed by atoms with Crippen molar-refractivity contribution in [3.8, 4) is 11.1 Å². The number of nitrogens with one attached hydrogen (secondary N) is 1. The fourth-order valence-electron chi connectivity index (χ4n) is 4.58. The predicted molar refractivity (Wildman–Crippen MR) is 147 cm³/mol. The lowest BCUT2D eigenvalue weighted by molar-refractivity contribution is -0.136. The number of carbonyl (C=O) groups excluding carboxylic acids is 2. The summed E-state index contributed by atoms with van der Waals surface area (Å²) in [6.45, 7) is 2.13. The van der Waals surface area contributed by atoms with Gasteiger partial charge in [-0.25, -0.2) is 4.79 Å². The molecular weight excluding hydrogens is 482 g/mol. The van der Waals surface area contributed by atoms with E-state index < -0.39 is 12.1 Å². The first-order valence-electron chi connectivity index (χ1n) is 12.8. The Morgan fingerprint density at radius 1 is 0.947 bits per heavy atom. The van der Waals surface area contributed by atoms with Crippen molar-refractivity contribution in [1.82, 2.24) is 4.90 Å². The van der Waals surface area contributed by atoms with Gasteiger partial charge >= 0.3 is 12.1 Å². The SMILES string of the molecule is CN(C(=O)CCN1CCC(OC(=O)Nc2ccccc2-c2ccccc2)CC1)c1ccc(CC(=O)O)cc1. The number of hydrogen-bond acceptors (Lipinski definition) is 5. The monoisotopic (exact) mass is 515 g/mol. The summed E-state index contributed by atoms with van der Waals surface area (Å²) in [5.74, 6) is -0.892. The highest BCUT2D eigenvalue weighted by Crippen LogP contribution is 2.28. The third-order valence-electron chi connectivity index (χ3n) is 6.75. The van der Waals surface area contributed by atoms with Crippen LogP contribution in [0.4, 0.5) is 16.2 Å². The number of likely N-dealkylation sites (tertiary alicyclic amines) is 1. The molecule has 4 rings (SSSR count). The molecule has 38 heavy (non-hydrogen) atoms. The molecular formula is C30H33N3O5. The Labute approximate surface area is 222 Å². The zero-order valence-corrected chi connectivity index (χ0v) is 21.5. The molecule has 0 aliphatic carbocycles. The fraction of sp³-hybridized carbons (Fsp3) is 0.300. The molecule has 3 aromatic rings. The average Bonchev–Trinajstić information content (AvgIpc) is 2.93. The minimum atomic E-state index is -0.884. The molecule has 0 saturated carbocycles. The van der Waals surface area contributed by atoms with Crippen LogP contribution < -0.4 is 10.2 Å². The summed E-state index contributed by atoms with van der Waals surface area (Å²) in [6.07, 6.45) is 1.12. The molecule has 8 nitrogen and oxygen atoms in total. The van der Waals surface area contributed by atoms with Gasteiger partial charge in [-0.2, -0.15) is 0 Å². The summed E-state index contributed by atoms with van der Waals surface area (Å²) >= 11 is 0. The number of carboxylic acids is 1. The minimum absolute atomic E-state index is 0.00850. The first-order chi connectivity index (χ1) is 18.4. The van der Waals surface area contributed by atoms with Gasteiger partial charge in [0.1, 0.15) is 6.10 Å². The third-order valence-corrected chi connectivity index (χ3v) is 6.75. The standard InChI is InChI=1S/C30H33N3O5/c1-32(24-13-11-22(12-14-24)21-29(35)36)28(34)17-20-33-18-15-25(16-19-33)38-30(37)31-27-10-6-5-9-26(27)23-7-3-2-4-8-23/h2-14,25H,15-21H2,1H3,(H,31,37)(H,35,36). The second kappa shape index (κ2) is 12.9. The molecule has 0 radical (unpaired) electrons. The number of amides is 2. The summed E-state index contributed by atoms with van der Waals surface area (Å²) < 4.78 is 5.70. The van der Waals surface area contributed by atoms with E-state index in [1.165, 1.54) is 0 Å². The summed E-state index contributed by atoms with van der Waals surface area (Å²) in [5, 5.41) is 11.8. The van der Waals surface area contributed by atoms with Crippen molar-refractivity contribution >= 4 is 29.3 Å². The largest absolute Gasteiger partial charge is 0.481 e. The van der Waals surface area contributed by atoms with Crippen molar-refractivity contribution in [2.24, 2.45) is 0 Å². The highest BCUT2D eigenvalue weighted by atomic mass is 16.6. The maximum Gasteiger partial charge on any atom is 0.411 e. The van der Waals surface area contributed by atoms with Crippen molar-refractivity contribution in [2.45, 2.75) is 31.8 Å². The van der Waals surface area contributed by atoms with Gasteiger partial charge in [0.05, 0.1) is 12.1 Å². The van der Waals surface area contributed by atoms with Crippen LogP contribution in [-0.4, -0.2) is 60.8 Å². The Bertz CT molecular complexity index is 1240. The summed E-state index contributed by atoms with van der Waals surface area (Å²) in [4.78, 5) is 40.0. The van der Waals surface area contributed by atoms with Gasteiger partial charge in [-0.15, -0.1) is 0 Å². The molecule has 0 aromatic heterocycles. The second-order valence-electron chi connectivity index (χ2n) is 9.42. The first-order valence-corrected chi connectivity index (χ1v) is 12.8. The van der Waals surface area contributed by atoms with E-state index in [0.717, 1.165) is 29.9 Å². The number of ether oxygens (including phenoxy) is 1. The molecule has 3 aromatic carbocycles. The topological polar surface area (TPSA) is 99.2 Å². The molecule has 1 aliphatic rings. The van der Waals surface area contributed by atoms with Gasteiger partial charge < -0.3 is 19.6 Å². The van der Waals surface area contributed by atoms with Crippen LogP contribution in [0.3, 0.4) is 0 Å². The zero-order chi connectivity index (χ0) is 26.9. The van der Waals surface area contributed by atoms with Gasteiger partial charge in [0, 0.05) is 44.4 Å². The molecule has 0 unspecified atom stereocenters. The van der Waals surface area contributed by atoms with Gasteiger partial charge in [0.25, 0.3) is 0 Å². The van der Waals surface area contributed by atoms with Crippen molar-refractivity contribution < 1.29 is 24.2 Å². The van der Waals surface area contributed by atoms with Crippen LogP contribution in [0.2, 0.25) is 0 Å². The molecule has 0 spiro atoms. The molecule has 1 fully saturated rings. The van der Waals surface area contributed by atoms with Crippen LogP contribution >= 0.6 is 0 Å². The van der Waals surface area contributed by atoms with Crippen LogP contribution in [-0.2, 0) is 20.7 Å². The highest BCUT2D eigenvalue weighted by molar-refractivity contribution is 5.93. The van der Waals surface area contributed by atoms with Crippen LogP contribution in [0.15, 0.2) is 78.9 Å². The molecule has 1 aliphatic heterocycles. The zero-order valence-electron chi connectivity index (χ0n) is 21.5. The number of hydrogen-bond donors (Lipinski definition) is 2. The summed E-state index contributed by atoms with van der Waals surface area (Å²) in [7, 11) is 1.73. The molecule has 8 heteroatoms. The third kappa shape index (κ3) is 7.43. The average molecular weight is 516 g/mol. The molecule has 2 N–H and O–H groups in total. The maximum absolute atomic E-state index is 12.7. The lowest BCUT2D eigenvalue weighted by atomic mass is 10.0. The smallest absolute Gasteiger partial charge is 0.411 e. The molecule has 0 bridgehead atoms. The van der Waals surface area contributed by atoms with E-state index in [4.69, 9.17) is 9.84 Å². The van der Waals surface area contributed by atoms with Crippen LogP contribution in [0, 0.1) is 0 Å². The molecule has 1 saturated heterocycles. The molecule has 0 atom stereocenters. The molecule has 2 amide bonds. The quantitative estimate of drug-likeness (QED) is 0.414. The summed E-state index contributed by atoms with van der Waals surface area (Å²) in [5.41, 5.74) is 4.09. The number of nitrogens with zero attached hydrogens (tertiary/aromatic N) is 2. The number of benzene rings is 3. The highest BCUT2D eigenvalue weighted by Gasteiger charge is 2.23. The van der Waals surface area contributed by atoms with Crippen molar-refractivity contribution in [1.29, 1.82) is 0 Å². The first kappa shape index (κ1) is 26.9. The van der Waals surface area contributed by atoms with Gasteiger partial charge in [-0.3, -0.25) is 14.9 Å². The number of anilines is 2. The van der Waals surface area contributed by atoms with Crippen molar-refractivity contribution in [3.63, 3.8) is 0 Å². The van der Waals surface area contributed by atoms with E-state index in [1.807, 2.05) is 54.6 Å². The predicted octanol–water partition coefficient (Wildman–Crippen LogP) is 5.05. The second-order valence-corrected chi connectivity index (χ2v) is 9.42. The van der Waals surface area contributed by atoms with Crippen LogP contribution in [0.25, 0.3) is 11.1 Å². The Balaban J connectivity index is 1.20. The minimum Gasteiger partial charge on any atom is -0.481 e. The van der Waals surface area contributed by atoms with E-state index in [0.29, 0.717) is 37.1 Å². The molecule has 198 valence electrons. The maximum atomic E-state index is 12.7.